The predicted octanol–water partition coefficient (Wildman–Crippen LogP) is 3.44. The number of carbonyl (C=O) groups excluding carboxylic acids is 1. The highest BCUT2D eigenvalue weighted by molar-refractivity contribution is 7.92. The summed E-state index contributed by atoms with van der Waals surface area (Å²) in [5, 5.41) is 0. The van der Waals surface area contributed by atoms with Gasteiger partial charge in [0.2, 0.25) is 5.88 Å². The lowest BCUT2D eigenvalue weighted by atomic mass is 9.94. The Labute approximate surface area is 201 Å². The van der Waals surface area contributed by atoms with Crippen LogP contribution in [0.1, 0.15) is 36.7 Å². The lowest BCUT2D eigenvalue weighted by molar-refractivity contribution is -0.133. The highest BCUT2D eigenvalue weighted by Gasteiger charge is 2.35. The smallest absolute Gasteiger partial charge is 0.345 e. The minimum Gasteiger partial charge on any atom is -0.479 e. The Bertz CT molecular complexity index is 1200. The van der Waals surface area contributed by atoms with Gasteiger partial charge in [-0.1, -0.05) is 6.07 Å². The second-order valence-corrected chi connectivity index (χ2v) is 10.2. The molecule has 0 saturated heterocycles. The molecule has 0 saturated carbocycles. The van der Waals surface area contributed by atoms with Gasteiger partial charge < -0.3 is 19.1 Å². The van der Waals surface area contributed by atoms with Crippen LogP contribution in [0, 0.1) is 5.82 Å². The average molecular weight is 518 g/mol. The van der Waals surface area contributed by atoms with Gasteiger partial charge in [0.1, 0.15) is 12.3 Å². The number of nitrogens with one attached hydrogen (secondary N) is 1. The van der Waals surface area contributed by atoms with Gasteiger partial charge in [0.05, 0.1) is 18.6 Å². The van der Waals surface area contributed by atoms with Gasteiger partial charge in [-0.2, -0.15) is 13.8 Å². The number of halogens is 3. The van der Waals surface area contributed by atoms with E-state index in [2.05, 4.69) is 14.4 Å². The molecule has 9 nitrogen and oxygen atoms in total. The van der Waals surface area contributed by atoms with Crippen molar-refractivity contribution in [1.29, 1.82) is 0 Å². The van der Waals surface area contributed by atoms with Crippen LogP contribution in [0.25, 0.3) is 0 Å². The second kappa shape index (κ2) is 10.3. The summed E-state index contributed by atoms with van der Waals surface area (Å²) in [7, 11) is -3.09. The highest BCUT2D eigenvalue weighted by Crippen LogP contribution is 2.33. The van der Waals surface area contributed by atoms with Gasteiger partial charge in [0.25, 0.3) is 21.8 Å². The molecule has 0 aliphatic carbocycles. The van der Waals surface area contributed by atoms with E-state index in [0.717, 1.165) is 6.07 Å². The van der Waals surface area contributed by atoms with E-state index >= 15 is 0 Å². The molecular weight excluding hydrogens is 491 g/mol. The number of ether oxygens (including phenoxy) is 3. The van der Waals surface area contributed by atoms with Crippen LogP contribution in [0.3, 0.4) is 0 Å². The molecule has 0 fully saturated rings. The first-order valence-corrected chi connectivity index (χ1v) is 12.1. The number of pyridine rings is 1. The van der Waals surface area contributed by atoms with Crippen molar-refractivity contribution in [3.8, 4) is 11.8 Å². The van der Waals surface area contributed by atoms with Gasteiger partial charge in [0.15, 0.2) is 5.82 Å². The zero-order chi connectivity index (χ0) is 26.0. The Morgan fingerprint density at radius 1 is 1.20 bits per heavy atom. The van der Waals surface area contributed by atoms with Crippen LogP contribution in [0.15, 0.2) is 29.2 Å². The largest absolute Gasteiger partial charge is 0.479 e. The highest BCUT2D eigenvalue weighted by atomic mass is 32.2. The second-order valence-electron chi connectivity index (χ2n) is 8.58. The Morgan fingerprint density at radius 2 is 1.91 bits per heavy atom. The maximum absolute atomic E-state index is 14.5. The molecule has 3 rings (SSSR count). The Morgan fingerprint density at radius 3 is 2.54 bits per heavy atom. The number of hydrogen-bond acceptors (Lipinski definition) is 7. The number of aromatic nitrogens is 1. The molecule has 1 N–H and O–H groups in total. The van der Waals surface area contributed by atoms with Crippen molar-refractivity contribution >= 4 is 21.6 Å². The molecule has 1 aliphatic rings. The fourth-order valence-electron chi connectivity index (χ4n) is 3.65. The molecule has 0 bridgehead atoms. The fourth-order valence-corrected chi connectivity index (χ4v) is 4.99. The van der Waals surface area contributed by atoms with E-state index in [9.17, 15) is 26.4 Å². The first-order valence-electron chi connectivity index (χ1n) is 10.6. The van der Waals surface area contributed by atoms with Crippen molar-refractivity contribution in [3.05, 3.63) is 41.2 Å². The third kappa shape index (κ3) is 5.96. The van der Waals surface area contributed by atoms with Crippen molar-refractivity contribution in [2.45, 2.75) is 44.2 Å². The SMILES string of the molecule is COc1nc(OCCOC(F)F)c(F)cc1NS(=O)(=O)c1cccc2c1CCN(C(C)(C)C)C2=O. The number of nitrogens with zero attached hydrogens (tertiary/aromatic N) is 2. The Kier molecular flexibility index (Phi) is 7.80. The molecule has 35 heavy (non-hydrogen) atoms. The van der Waals surface area contributed by atoms with Gasteiger partial charge in [0, 0.05) is 23.7 Å². The van der Waals surface area contributed by atoms with Gasteiger partial charge in [-0.3, -0.25) is 9.52 Å². The van der Waals surface area contributed by atoms with Crippen LogP contribution in [0.2, 0.25) is 0 Å². The Hall–Kier alpha value is -3.06. The summed E-state index contributed by atoms with van der Waals surface area (Å²) < 4.78 is 81.3. The fraction of sp³-hybridized carbons (Fsp3) is 0.455. The van der Waals surface area contributed by atoms with E-state index in [1.807, 2.05) is 20.8 Å². The summed E-state index contributed by atoms with van der Waals surface area (Å²) in [5.41, 5.74) is -0.109. The number of hydrogen-bond donors (Lipinski definition) is 1. The standard InChI is InChI=1S/C22H26F3N3O6S/c1-22(2,3)28-9-8-13-14(20(28)29)6-5-7-17(13)35(30,31)27-16-12-15(23)18(26-19(16)32-4)33-10-11-34-21(24)25/h5-7,12,21,27H,8-11H2,1-4H3. The number of sulfonamides is 1. The van der Waals surface area contributed by atoms with E-state index in [4.69, 9.17) is 9.47 Å². The van der Waals surface area contributed by atoms with Crippen molar-refractivity contribution in [3.63, 3.8) is 0 Å². The van der Waals surface area contributed by atoms with Gasteiger partial charge in [-0.15, -0.1) is 0 Å². The maximum Gasteiger partial charge on any atom is 0.345 e. The number of benzene rings is 1. The predicted molar refractivity (Wildman–Crippen MR) is 120 cm³/mol. The minimum absolute atomic E-state index is 0.121. The lowest BCUT2D eigenvalue weighted by Crippen LogP contribution is -2.49. The number of fused-ring (bicyclic) bond motifs is 1. The van der Waals surface area contributed by atoms with Crippen molar-refractivity contribution in [1.82, 2.24) is 9.88 Å². The van der Waals surface area contributed by atoms with Gasteiger partial charge in [-0.25, -0.2) is 12.8 Å². The summed E-state index contributed by atoms with van der Waals surface area (Å²) in [6, 6.07) is 5.19. The number of rotatable bonds is 9. The molecule has 0 atom stereocenters. The van der Waals surface area contributed by atoms with Gasteiger partial charge in [-0.05, 0) is 44.9 Å². The van der Waals surface area contributed by atoms with E-state index in [-0.39, 0.29) is 27.9 Å². The van der Waals surface area contributed by atoms with Gasteiger partial charge >= 0.3 is 6.61 Å². The van der Waals surface area contributed by atoms with E-state index < -0.39 is 47.1 Å². The number of alkyl halides is 2. The van der Waals surface area contributed by atoms with E-state index in [0.29, 0.717) is 18.5 Å². The van der Waals surface area contributed by atoms with Crippen LogP contribution in [0.4, 0.5) is 18.9 Å². The Balaban J connectivity index is 1.88. The molecular formula is C22H26F3N3O6S. The molecule has 1 aliphatic heterocycles. The summed E-state index contributed by atoms with van der Waals surface area (Å²) >= 11 is 0. The van der Waals surface area contributed by atoms with Crippen LogP contribution in [-0.4, -0.2) is 63.2 Å². The molecule has 2 aromatic rings. The van der Waals surface area contributed by atoms with Crippen LogP contribution in [-0.2, 0) is 21.2 Å². The quantitative estimate of drug-likeness (QED) is 0.508. The first-order chi connectivity index (χ1) is 16.3. The topological polar surface area (TPSA) is 107 Å². The number of anilines is 1. The van der Waals surface area contributed by atoms with E-state index in [1.54, 1.807) is 11.0 Å². The summed E-state index contributed by atoms with van der Waals surface area (Å²) in [5.74, 6) is -2.21. The molecule has 13 heteroatoms. The van der Waals surface area contributed by atoms with Crippen LogP contribution in [0.5, 0.6) is 11.8 Å². The molecule has 0 radical (unpaired) electrons. The van der Waals surface area contributed by atoms with Crippen molar-refractivity contribution < 1.29 is 40.6 Å². The number of amides is 1. The monoisotopic (exact) mass is 517 g/mol. The zero-order valence-corrected chi connectivity index (χ0v) is 20.4. The molecule has 0 spiro atoms. The number of methoxy groups -OCH3 is 1. The summed E-state index contributed by atoms with van der Waals surface area (Å²) in [6.45, 7) is 2.08. The molecule has 1 aromatic carbocycles. The third-order valence-electron chi connectivity index (χ3n) is 5.21. The lowest BCUT2D eigenvalue weighted by Gasteiger charge is -2.39. The molecule has 1 amide bonds. The van der Waals surface area contributed by atoms with Crippen molar-refractivity contribution in [2.75, 3.05) is 31.6 Å². The van der Waals surface area contributed by atoms with Crippen LogP contribution < -0.4 is 14.2 Å². The van der Waals surface area contributed by atoms with Crippen LogP contribution >= 0.6 is 0 Å². The van der Waals surface area contributed by atoms with Crippen molar-refractivity contribution in [2.24, 2.45) is 0 Å². The minimum atomic E-state index is -4.28. The molecule has 192 valence electrons. The third-order valence-corrected chi connectivity index (χ3v) is 6.66. The molecule has 2 heterocycles. The summed E-state index contributed by atoms with van der Waals surface area (Å²) in [6.07, 6.45) is 0.312. The molecule has 0 unspecified atom stereocenters. The average Bonchev–Trinajstić information content (AvgIpc) is 2.76. The summed E-state index contributed by atoms with van der Waals surface area (Å²) in [4.78, 5) is 18.3. The number of carbonyl (C=O) groups is 1. The zero-order valence-electron chi connectivity index (χ0n) is 19.6. The normalized spacial score (nSPS) is 14.2. The first kappa shape index (κ1) is 26.5. The maximum atomic E-state index is 14.5. The van der Waals surface area contributed by atoms with E-state index in [1.165, 1.54) is 19.2 Å². The molecule has 1 aromatic heterocycles.